The molecule has 1 aliphatic heterocycles. The highest BCUT2D eigenvalue weighted by molar-refractivity contribution is 5.76. The van der Waals surface area contributed by atoms with Crippen LogP contribution in [0, 0.1) is 5.92 Å². The zero-order valence-corrected chi connectivity index (χ0v) is 13.6. The lowest BCUT2D eigenvalue weighted by atomic mass is 9.87. The summed E-state index contributed by atoms with van der Waals surface area (Å²) in [5, 5.41) is 0. The van der Waals surface area contributed by atoms with E-state index in [9.17, 15) is 4.79 Å². The summed E-state index contributed by atoms with van der Waals surface area (Å²) < 4.78 is 5.21. The van der Waals surface area contributed by atoms with E-state index in [2.05, 4.69) is 17.0 Å². The number of benzene rings is 1. The van der Waals surface area contributed by atoms with Gasteiger partial charge in [-0.2, -0.15) is 0 Å². The number of ether oxygens (including phenoxy) is 1. The predicted molar refractivity (Wildman–Crippen MR) is 88.1 cm³/mol. The molecule has 1 unspecified atom stereocenters. The van der Waals surface area contributed by atoms with Crippen LogP contribution in [0.15, 0.2) is 24.3 Å². The molecule has 0 spiro atoms. The van der Waals surface area contributed by atoms with Crippen molar-refractivity contribution in [2.24, 2.45) is 5.92 Å². The minimum atomic E-state index is 0.378. The molecule has 2 aliphatic rings. The first kappa shape index (κ1) is 15.4. The zero-order valence-electron chi connectivity index (χ0n) is 13.6. The standard InChI is InChI=1S/C19H27NO2/c1-22-18-9-7-16(8-10-18)17-11-12-20(14-17)19(21)13-15-5-3-2-4-6-15/h7-10,15,17H,2-6,11-14H2,1H3. The van der Waals surface area contributed by atoms with Gasteiger partial charge in [-0.15, -0.1) is 0 Å². The second kappa shape index (κ2) is 7.17. The number of rotatable bonds is 4. The average molecular weight is 301 g/mol. The number of methoxy groups -OCH3 is 1. The van der Waals surface area contributed by atoms with Gasteiger partial charge in [0.15, 0.2) is 0 Å². The summed E-state index contributed by atoms with van der Waals surface area (Å²) >= 11 is 0. The molecule has 1 saturated carbocycles. The molecule has 3 rings (SSSR count). The minimum absolute atomic E-state index is 0.378. The SMILES string of the molecule is COc1ccc(C2CCN(C(=O)CC3CCCCC3)C2)cc1. The molecule has 120 valence electrons. The zero-order chi connectivity index (χ0) is 15.4. The topological polar surface area (TPSA) is 29.5 Å². The van der Waals surface area contributed by atoms with E-state index in [4.69, 9.17) is 4.74 Å². The van der Waals surface area contributed by atoms with Gasteiger partial charge in [0.1, 0.15) is 5.75 Å². The smallest absolute Gasteiger partial charge is 0.222 e. The van der Waals surface area contributed by atoms with Crippen molar-refractivity contribution < 1.29 is 9.53 Å². The quantitative estimate of drug-likeness (QED) is 0.842. The van der Waals surface area contributed by atoms with E-state index in [1.807, 2.05) is 12.1 Å². The van der Waals surface area contributed by atoms with Crippen LogP contribution in [0.3, 0.4) is 0 Å². The largest absolute Gasteiger partial charge is 0.497 e. The van der Waals surface area contributed by atoms with E-state index in [0.717, 1.165) is 31.7 Å². The average Bonchev–Trinajstić information content (AvgIpc) is 3.06. The number of carbonyl (C=O) groups excluding carboxylic acids is 1. The first-order valence-electron chi connectivity index (χ1n) is 8.68. The van der Waals surface area contributed by atoms with Crippen LogP contribution in [-0.4, -0.2) is 31.0 Å². The summed E-state index contributed by atoms with van der Waals surface area (Å²) in [5.74, 6) is 2.40. The van der Waals surface area contributed by atoms with Crippen molar-refractivity contribution in [3.63, 3.8) is 0 Å². The van der Waals surface area contributed by atoms with Gasteiger partial charge in [-0.25, -0.2) is 0 Å². The van der Waals surface area contributed by atoms with Gasteiger partial charge in [0.05, 0.1) is 7.11 Å². The van der Waals surface area contributed by atoms with Crippen LogP contribution in [0.2, 0.25) is 0 Å². The van der Waals surface area contributed by atoms with E-state index in [1.165, 1.54) is 37.7 Å². The Morgan fingerprint density at radius 1 is 1.14 bits per heavy atom. The lowest BCUT2D eigenvalue weighted by Gasteiger charge is -2.24. The first-order valence-corrected chi connectivity index (χ1v) is 8.68. The van der Waals surface area contributed by atoms with Gasteiger partial charge in [0.25, 0.3) is 0 Å². The normalized spacial score (nSPS) is 22.8. The molecule has 0 bridgehead atoms. The fourth-order valence-corrected chi connectivity index (χ4v) is 3.90. The van der Waals surface area contributed by atoms with Gasteiger partial charge in [0, 0.05) is 25.4 Å². The van der Waals surface area contributed by atoms with Gasteiger partial charge in [-0.1, -0.05) is 31.4 Å². The van der Waals surface area contributed by atoms with Crippen LogP contribution in [-0.2, 0) is 4.79 Å². The molecule has 0 radical (unpaired) electrons. The summed E-state index contributed by atoms with van der Waals surface area (Å²) in [7, 11) is 1.69. The number of hydrogen-bond donors (Lipinski definition) is 0. The summed E-state index contributed by atoms with van der Waals surface area (Å²) in [6.45, 7) is 1.81. The van der Waals surface area contributed by atoms with Gasteiger partial charge in [-0.05, 0) is 42.9 Å². The third kappa shape index (κ3) is 3.63. The maximum Gasteiger partial charge on any atom is 0.222 e. The van der Waals surface area contributed by atoms with E-state index >= 15 is 0 Å². The van der Waals surface area contributed by atoms with Crippen LogP contribution in [0.1, 0.15) is 56.4 Å². The molecule has 1 saturated heterocycles. The summed E-state index contributed by atoms with van der Waals surface area (Å²) in [4.78, 5) is 14.6. The highest BCUT2D eigenvalue weighted by Gasteiger charge is 2.28. The van der Waals surface area contributed by atoms with E-state index in [0.29, 0.717) is 17.7 Å². The molecule has 1 aliphatic carbocycles. The van der Waals surface area contributed by atoms with E-state index in [-0.39, 0.29) is 0 Å². The molecule has 1 aromatic rings. The molecule has 1 aromatic carbocycles. The van der Waals surface area contributed by atoms with Gasteiger partial charge < -0.3 is 9.64 Å². The maximum atomic E-state index is 12.5. The van der Waals surface area contributed by atoms with Crippen LogP contribution >= 0.6 is 0 Å². The van der Waals surface area contributed by atoms with Gasteiger partial charge in [0.2, 0.25) is 5.91 Å². The molecule has 22 heavy (non-hydrogen) atoms. The Morgan fingerprint density at radius 3 is 2.55 bits per heavy atom. The molecular weight excluding hydrogens is 274 g/mol. The van der Waals surface area contributed by atoms with Crippen molar-refractivity contribution >= 4 is 5.91 Å². The highest BCUT2D eigenvalue weighted by atomic mass is 16.5. The Balaban J connectivity index is 1.53. The summed E-state index contributed by atoms with van der Waals surface area (Å²) in [6.07, 6.45) is 8.34. The van der Waals surface area contributed by atoms with Crippen LogP contribution < -0.4 is 4.74 Å². The predicted octanol–water partition coefficient (Wildman–Crippen LogP) is 3.98. The first-order chi connectivity index (χ1) is 10.8. The van der Waals surface area contributed by atoms with Crippen molar-refractivity contribution in [2.45, 2.75) is 50.9 Å². The van der Waals surface area contributed by atoms with Crippen LogP contribution in [0.4, 0.5) is 0 Å². The number of hydrogen-bond acceptors (Lipinski definition) is 2. The number of carbonyl (C=O) groups is 1. The molecule has 3 nitrogen and oxygen atoms in total. The minimum Gasteiger partial charge on any atom is -0.497 e. The number of amides is 1. The lowest BCUT2D eigenvalue weighted by Crippen LogP contribution is -2.30. The van der Waals surface area contributed by atoms with Crippen LogP contribution in [0.25, 0.3) is 0 Å². The van der Waals surface area contributed by atoms with Crippen LogP contribution in [0.5, 0.6) is 5.75 Å². The number of nitrogens with zero attached hydrogens (tertiary/aromatic N) is 1. The molecule has 3 heteroatoms. The number of likely N-dealkylation sites (tertiary alicyclic amines) is 1. The van der Waals surface area contributed by atoms with E-state index < -0.39 is 0 Å². The maximum absolute atomic E-state index is 12.5. The third-order valence-electron chi connectivity index (χ3n) is 5.32. The van der Waals surface area contributed by atoms with Crippen molar-refractivity contribution in [1.29, 1.82) is 0 Å². The highest BCUT2D eigenvalue weighted by Crippen LogP contribution is 2.31. The molecule has 1 atom stereocenters. The van der Waals surface area contributed by atoms with Gasteiger partial charge >= 0.3 is 0 Å². The fourth-order valence-electron chi connectivity index (χ4n) is 3.90. The Hall–Kier alpha value is -1.51. The Morgan fingerprint density at radius 2 is 1.86 bits per heavy atom. The Bertz CT molecular complexity index is 491. The van der Waals surface area contributed by atoms with Crippen molar-refractivity contribution in [3.8, 4) is 5.75 Å². The molecule has 0 N–H and O–H groups in total. The second-order valence-electron chi connectivity index (χ2n) is 6.81. The Labute approximate surface area is 133 Å². The monoisotopic (exact) mass is 301 g/mol. The van der Waals surface area contributed by atoms with E-state index in [1.54, 1.807) is 7.11 Å². The molecular formula is C19H27NO2. The lowest BCUT2D eigenvalue weighted by molar-refractivity contribution is -0.131. The molecule has 1 amide bonds. The van der Waals surface area contributed by atoms with Crippen molar-refractivity contribution in [3.05, 3.63) is 29.8 Å². The molecule has 1 heterocycles. The third-order valence-corrected chi connectivity index (χ3v) is 5.32. The summed E-state index contributed by atoms with van der Waals surface area (Å²) in [5.41, 5.74) is 1.33. The van der Waals surface area contributed by atoms with Crippen molar-refractivity contribution in [1.82, 2.24) is 4.90 Å². The van der Waals surface area contributed by atoms with Gasteiger partial charge in [-0.3, -0.25) is 4.79 Å². The fraction of sp³-hybridized carbons (Fsp3) is 0.632. The van der Waals surface area contributed by atoms with Crippen molar-refractivity contribution in [2.75, 3.05) is 20.2 Å². The second-order valence-corrected chi connectivity index (χ2v) is 6.81. The Kier molecular flexibility index (Phi) is 5.01. The molecule has 2 fully saturated rings. The summed E-state index contributed by atoms with van der Waals surface area (Å²) in [6, 6.07) is 8.31. The molecule has 0 aromatic heterocycles.